The molecule has 1 saturated heterocycles. The molecule has 4 atom stereocenters. The van der Waals surface area contributed by atoms with Crippen molar-refractivity contribution >= 4 is 40.8 Å². The van der Waals surface area contributed by atoms with Gasteiger partial charge in [0.2, 0.25) is 0 Å². The van der Waals surface area contributed by atoms with Crippen LogP contribution in [-0.2, 0) is 25.4 Å². The van der Waals surface area contributed by atoms with Gasteiger partial charge in [0.1, 0.15) is 5.69 Å². The van der Waals surface area contributed by atoms with Crippen molar-refractivity contribution in [2.24, 2.45) is 17.8 Å². The Morgan fingerprint density at radius 1 is 1.07 bits per heavy atom. The fraction of sp³-hybridized carbons (Fsp3) is 0.300. The Labute approximate surface area is 246 Å². The third-order valence-electron chi connectivity index (χ3n) is 8.57. The van der Waals surface area contributed by atoms with Crippen molar-refractivity contribution in [3.8, 4) is 5.75 Å². The van der Waals surface area contributed by atoms with Crippen LogP contribution in [0.25, 0.3) is 0 Å². The molecule has 1 aliphatic heterocycles. The molecule has 1 N–H and O–H groups in total. The molecular weight excluding hydrogens is 594 g/mol. The molecule has 1 aromatic heterocycles. The average molecular weight is 616 g/mol. The third-order valence-corrected chi connectivity index (χ3v) is 8.87. The number of hydrogen-bond acceptors (Lipinski definition) is 7. The predicted octanol–water partition coefficient (Wildman–Crippen LogP) is 5.08. The first kappa shape index (κ1) is 28.8. The molecule has 1 fully saturated rings. The molecular formula is C30H22ClF4N3O5. The van der Waals surface area contributed by atoms with Crippen LogP contribution in [0.1, 0.15) is 36.9 Å². The Hall–Kier alpha value is -4.32. The van der Waals surface area contributed by atoms with E-state index in [1.807, 2.05) is 0 Å². The van der Waals surface area contributed by atoms with Gasteiger partial charge in [-0.1, -0.05) is 29.3 Å². The van der Waals surface area contributed by atoms with E-state index in [1.54, 1.807) is 6.08 Å². The number of carbonyl (C=O) groups excluding carboxylic acids is 4. The topological polar surface area (TPSA) is 108 Å². The van der Waals surface area contributed by atoms with Gasteiger partial charge in [0.15, 0.2) is 29.0 Å². The van der Waals surface area contributed by atoms with E-state index in [-0.39, 0.29) is 40.1 Å². The van der Waals surface area contributed by atoms with Gasteiger partial charge < -0.3 is 5.11 Å². The number of anilines is 1. The number of rotatable bonds is 3. The number of halogens is 5. The van der Waals surface area contributed by atoms with Crippen LogP contribution in [0.5, 0.6) is 5.75 Å². The summed E-state index contributed by atoms with van der Waals surface area (Å²) in [5.74, 6) is -7.91. The Morgan fingerprint density at radius 3 is 2.47 bits per heavy atom. The van der Waals surface area contributed by atoms with Crippen molar-refractivity contribution in [3.63, 3.8) is 0 Å². The van der Waals surface area contributed by atoms with Gasteiger partial charge in [-0.05, 0) is 61.6 Å². The van der Waals surface area contributed by atoms with Gasteiger partial charge in [0.25, 0.3) is 11.8 Å². The van der Waals surface area contributed by atoms with E-state index in [2.05, 4.69) is 4.98 Å². The van der Waals surface area contributed by atoms with E-state index in [0.717, 1.165) is 28.2 Å². The van der Waals surface area contributed by atoms with Crippen molar-refractivity contribution in [2.75, 3.05) is 12.1 Å². The van der Waals surface area contributed by atoms with Gasteiger partial charge in [0.05, 0.1) is 16.9 Å². The highest BCUT2D eigenvalue weighted by Gasteiger charge is 2.57. The Balaban J connectivity index is 1.43. The summed E-state index contributed by atoms with van der Waals surface area (Å²) in [4.78, 5) is 57.8. The normalized spacial score (nSPS) is 25.3. The van der Waals surface area contributed by atoms with Gasteiger partial charge in [-0.3, -0.25) is 24.2 Å². The van der Waals surface area contributed by atoms with Gasteiger partial charge in [-0.25, -0.2) is 9.37 Å². The minimum Gasteiger partial charge on any atom is -0.505 e. The fourth-order valence-corrected chi connectivity index (χ4v) is 6.86. The Kier molecular flexibility index (Phi) is 6.60. The molecule has 2 heterocycles. The number of carbonyl (C=O) groups is 4. The number of aromatic hydroxyl groups is 1. The minimum atomic E-state index is -4.81. The summed E-state index contributed by atoms with van der Waals surface area (Å²) in [6.07, 6.45) is -1.90. The number of amides is 2. The Bertz CT molecular complexity index is 1750. The maximum absolute atomic E-state index is 14.6. The zero-order valence-corrected chi connectivity index (χ0v) is 23.3. The van der Waals surface area contributed by atoms with Gasteiger partial charge in [0, 0.05) is 29.7 Å². The van der Waals surface area contributed by atoms with E-state index >= 15 is 0 Å². The monoisotopic (exact) mass is 615 g/mol. The highest BCUT2D eigenvalue weighted by atomic mass is 35.5. The van der Waals surface area contributed by atoms with Crippen LogP contribution in [-0.4, -0.2) is 45.5 Å². The number of phenols is 1. The van der Waals surface area contributed by atoms with Crippen molar-refractivity contribution in [3.05, 3.63) is 86.9 Å². The molecule has 3 aliphatic carbocycles. The maximum Gasteiger partial charge on any atom is 0.433 e. The standard InChI is InChI=1S/C30H22ClF4N3O5/c1-12-9-21(40)17-11-16-14(23(25(17)26(12)41)13-3-7-20(39)19(32)10-13)4-5-15-24(16)29(43)38(28(15)42)37(2)27-18(31)6-8-22(36-27)30(33,34)35/h3-4,6-10,15-16,23-24,39H,5,11H2,1-2H3/t15-,16+,23-,24-/m0/s1. The number of Topliss-reactive ketones (excluding diaryl/α,β-unsaturated/α-hetero) is 1. The number of alkyl halides is 3. The summed E-state index contributed by atoms with van der Waals surface area (Å²) < 4.78 is 54.7. The molecule has 13 heteroatoms. The molecule has 1 aromatic carbocycles. The largest absolute Gasteiger partial charge is 0.505 e. The van der Waals surface area contributed by atoms with Crippen LogP contribution < -0.4 is 5.01 Å². The number of fused-ring (bicyclic) bond motifs is 3. The van der Waals surface area contributed by atoms with E-state index in [1.165, 1.54) is 26.1 Å². The summed E-state index contributed by atoms with van der Waals surface area (Å²) in [5, 5.41) is 11.2. The van der Waals surface area contributed by atoms with Gasteiger partial charge >= 0.3 is 6.18 Å². The number of pyridine rings is 1. The molecule has 8 nitrogen and oxygen atoms in total. The number of ketones is 2. The van der Waals surface area contributed by atoms with Crippen LogP contribution in [0.3, 0.4) is 0 Å². The number of phenolic OH excluding ortho intramolecular Hbond substituents is 1. The zero-order valence-electron chi connectivity index (χ0n) is 22.6. The smallest absolute Gasteiger partial charge is 0.433 e. The summed E-state index contributed by atoms with van der Waals surface area (Å²) in [6, 6.07) is 5.28. The molecule has 0 bridgehead atoms. The van der Waals surface area contributed by atoms with Crippen molar-refractivity contribution in [1.29, 1.82) is 0 Å². The first-order valence-corrected chi connectivity index (χ1v) is 13.6. The summed E-state index contributed by atoms with van der Waals surface area (Å²) in [6.45, 7) is 1.50. The number of hydrogen-bond donors (Lipinski definition) is 1. The summed E-state index contributed by atoms with van der Waals surface area (Å²) >= 11 is 6.15. The molecule has 43 heavy (non-hydrogen) atoms. The lowest BCUT2D eigenvalue weighted by atomic mass is 9.59. The lowest BCUT2D eigenvalue weighted by Gasteiger charge is -2.42. The SMILES string of the molecule is CC1=CC(=O)C2=C(C1=O)[C@@H](c1ccc(O)c(F)c1)C1=CC[C@@H]3C(=O)N(N(C)c4nc(C(F)(F)F)ccc4Cl)C(=O)[C@@H]3[C@@H]1C2. The highest BCUT2D eigenvalue weighted by Crippen LogP contribution is 2.55. The molecule has 0 spiro atoms. The highest BCUT2D eigenvalue weighted by molar-refractivity contribution is 6.33. The molecule has 0 saturated carbocycles. The molecule has 222 valence electrons. The van der Waals surface area contributed by atoms with Crippen LogP contribution in [0, 0.1) is 23.6 Å². The Morgan fingerprint density at radius 2 is 1.79 bits per heavy atom. The molecule has 2 aromatic rings. The number of aromatic nitrogens is 1. The number of hydrazine groups is 1. The number of benzene rings is 1. The number of imide groups is 1. The van der Waals surface area contributed by atoms with Gasteiger partial charge in [-0.2, -0.15) is 18.2 Å². The van der Waals surface area contributed by atoms with Crippen LogP contribution in [0.15, 0.2) is 64.8 Å². The first-order valence-electron chi connectivity index (χ1n) is 13.2. The first-order chi connectivity index (χ1) is 20.2. The lowest BCUT2D eigenvalue weighted by Crippen LogP contribution is -2.46. The second-order valence-electron chi connectivity index (χ2n) is 11.0. The van der Waals surface area contributed by atoms with E-state index < -0.39 is 76.3 Å². The van der Waals surface area contributed by atoms with Crippen LogP contribution in [0.2, 0.25) is 5.02 Å². The van der Waals surface area contributed by atoms with Crippen molar-refractivity contribution in [1.82, 2.24) is 9.99 Å². The summed E-state index contributed by atoms with van der Waals surface area (Å²) in [5.41, 5.74) is 0.0544. The average Bonchev–Trinajstić information content (AvgIpc) is 3.21. The van der Waals surface area contributed by atoms with Crippen LogP contribution in [0.4, 0.5) is 23.4 Å². The molecule has 6 rings (SSSR count). The van der Waals surface area contributed by atoms with E-state index in [4.69, 9.17) is 11.6 Å². The van der Waals surface area contributed by atoms with Crippen LogP contribution >= 0.6 is 11.6 Å². The predicted molar refractivity (Wildman–Crippen MR) is 144 cm³/mol. The fourth-order valence-electron chi connectivity index (χ4n) is 6.63. The third kappa shape index (κ3) is 4.38. The number of nitrogens with zero attached hydrogens (tertiary/aromatic N) is 3. The lowest BCUT2D eigenvalue weighted by molar-refractivity contribution is -0.141. The molecule has 4 aliphatic rings. The quantitative estimate of drug-likeness (QED) is 0.222. The second-order valence-corrected chi connectivity index (χ2v) is 11.4. The second kappa shape index (κ2) is 9.87. The van der Waals surface area contributed by atoms with E-state index in [9.17, 15) is 41.8 Å². The maximum atomic E-state index is 14.6. The van der Waals surface area contributed by atoms with Gasteiger partial charge in [-0.15, -0.1) is 0 Å². The molecule has 0 unspecified atom stereocenters. The molecule has 0 radical (unpaired) electrons. The van der Waals surface area contributed by atoms with E-state index in [0.29, 0.717) is 11.6 Å². The molecule has 2 amide bonds. The van der Waals surface area contributed by atoms with Crippen molar-refractivity contribution in [2.45, 2.75) is 31.9 Å². The zero-order chi connectivity index (χ0) is 31.1. The minimum absolute atomic E-state index is 0.0474. The summed E-state index contributed by atoms with van der Waals surface area (Å²) in [7, 11) is 1.20. The van der Waals surface area contributed by atoms with Crippen molar-refractivity contribution < 1.29 is 41.8 Å². The number of allylic oxidation sites excluding steroid dienone is 6.